The summed E-state index contributed by atoms with van der Waals surface area (Å²) in [6.45, 7) is 0. The summed E-state index contributed by atoms with van der Waals surface area (Å²) in [5.41, 5.74) is 0. The van der Waals surface area contributed by atoms with Crippen LogP contribution >= 0.6 is 40.3 Å². The second-order valence-electron chi connectivity index (χ2n) is 2.59. The van der Waals surface area contributed by atoms with E-state index in [0.717, 1.165) is 0 Å². The number of nitrogens with zero attached hydrogens (tertiary/aromatic N) is 4. The summed E-state index contributed by atoms with van der Waals surface area (Å²) < 4.78 is 0. The van der Waals surface area contributed by atoms with Gasteiger partial charge in [-0.1, -0.05) is 0 Å². The molecule has 0 atom stereocenters. The van der Waals surface area contributed by atoms with Crippen LogP contribution in [0, 0.1) is 0 Å². The van der Waals surface area contributed by atoms with Crippen LogP contribution in [0.4, 0.5) is 0 Å². The predicted octanol–water partition coefficient (Wildman–Crippen LogP) is 1.53. The Morgan fingerprint density at radius 2 is 0.810 bits per heavy atom. The second-order valence-corrected chi connectivity index (χ2v) is 34.9. The molecule has 0 saturated heterocycles. The van der Waals surface area contributed by atoms with Crippen LogP contribution in [0.1, 0.15) is 0 Å². The first kappa shape index (κ1) is 20.5. The van der Waals surface area contributed by atoms with E-state index in [0.29, 0.717) is 0 Å². The number of rotatable bonds is 12. The van der Waals surface area contributed by atoms with Crippen LogP contribution in [0.3, 0.4) is 0 Å². The Morgan fingerprint density at radius 1 is 0.571 bits per heavy atom. The summed E-state index contributed by atoms with van der Waals surface area (Å²) in [5.74, 6) is 0.766. The Labute approximate surface area is 135 Å². The van der Waals surface area contributed by atoms with Crippen molar-refractivity contribution in [1.82, 2.24) is 0 Å². The summed E-state index contributed by atoms with van der Waals surface area (Å²) in [4.78, 5) is 54.6. The fourth-order valence-electron chi connectivity index (χ4n) is 0.801. The molecule has 21 heavy (non-hydrogen) atoms. The summed E-state index contributed by atoms with van der Waals surface area (Å²) in [7, 11) is 2.75. The van der Waals surface area contributed by atoms with Crippen LogP contribution in [0.15, 0.2) is 20.0 Å². The summed E-state index contributed by atoms with van der Waals surface area (Å²) in [5, 5.41) is 0. The first-order chi connectivity index (χ1) is 10.2. The van der Waals surface area contributed by atoms with Crippen molar-refractivity contribution < 1.29 is 19.2 Å². The normalized spacial score (nSPS) is 11.8. The summed E-state index contributed by atoms with van der Waals surface area (Å²) in [6, 6.07) is 0. The van der Waals surface area contributed by atoms with Gasteiger partial charge in [0, 0.05) is 0 Å². The van der Waals surface area contributed by atoms with E-state index in [-0.39, 0.29) is 23.5 Å². The van der Waals surface area contributed by atoms with E-state index in [9.17, 15) is 19.2 Å². The fourth-order valence-corrected chi connectivity index (χ4v) is 28.8. The second kappa shape index (κ2) is 14.4. The molecule has 0 saturated carbocycles. The summed E-state index contributed by atoms with van der Waals surface area (Å²) in [6.07, 6.45) is 5.76. The molecule has 0 spiro atoms. The van der Waals surface area contributed by atoms with Gasteiger partial charge in [0.1, 0.15) is 0 Å². The van der Waals surface area contributed by atoms with Gasteiger partial charge >= 0.3 is 136 Å². The topological polar surface area (TPSA) is 118 Å². The van der Waals surface area contributed by atoms with Crippen LogP contribution in [-0.2, 0) is 19.2 Å². The van der Waals surface area contributed by atoms with Crippen molar-refractivity contribution in [1.29, 1.82) is 0 Å². The molecular formula is C8H8GeN4O4S4. The molecule has 0 unspecified atom stereocenters. The molecule has 0 rings (SSSR count). The van der Waals surface area contributed by atoms with E-state index >= 15 is 0 Å². The van der Waals surface area contributed by atoms with Gasteiger partial charge in [0.25, 0.3) is 0 Å². The minimum atomic E-state index is -2.94. The van der Waals surface area contributed by atoms with Gasteiger partial charge in [-0.3, -0.25) is 0 Å². The van der Waals surface area contributed by atoms with Gasteiger partial charge < -0.3 is 0 Å². The molecule has 0 aliphatic carbocycles. The maximum atomic E-state index is 10.2. The number of isocyanates is 4. The molecule has 0 aromatic rings. The maximum absolute atomic E-state index is 10.2. The number of aliphatic imine (C=N–C) groups is 4. The van der Waals surface area contributed by atoms with Crippen molar-refractivity contribution >= 4 is 73.4 Å². The fraction of sp³-hybridized carbons (Fsp3) is 0.500. The molecule has 8 nitrogen and oxygen atoms in total. The molecule has 0 heterocycles. The van der Waals surface area contributed by atoms with Crippen molar-refractivity contribution in [2.45, 2.75) is 0 Å². The molecule has 112 valence electrons. The zero-order valence-electron chi connectivity index (χ0n) is 10.4. The molecular weight excluding hydrogens is 417 g/mol. The zero-order valence-corrected chi connectivity index (χ0v) is 15.7. The summed E-state index contributed by atoms with van der Waals surface area (Å²) >= 11 is 0. The van der Waals surface area contributed by atoms with Gasteiger partial charge in [0.2, 0.25) is 0 Å². The van der Waals surface area contributed by atoms with E-state index in [4.69, 9.17) is 0 Å². The van der Waals surface area contributed by atoms with Crippen molar-refractivity contribution in [3.05, 3.63) is 0 Å². The molecule has 0 aromatic heterocycles. The molecule has 0 fully saturated rings. The van der Waals surface area contributed by atoms with Crippen LogP contribution in [0.5, 0.6) is 0 Å². The quantitative estimate of drug-likeness (QED) is 0.263. The molecule has 0 N–H and O–H groups in total. The van der Waals surface area contributed by atoms with Crippen molar-refractivity contribution in [3.8, 4) is 0 Å². The van der Waals surface area contributed by atoms with Crippen molar-refractivity contribution in [3.63, 3.8) is 0 Å². The Kier molecular flexibility index (Phi) is 14.0. The third-order valence-corrected chi connectivity index (χ3v) is 38.1. The minimum absolute atomic E-state index is 0.191. The average Bonchev–Trinajstić information content (AvgIpc) is 2.48. The average molecular weight is 425 g/mol. The number of carbonyl (C=O) groups excluding carboxylic acids is 4. The monoisotopic (exact) mass is 426 g/mol. The molecule has 0 aliphatic heterocycles. The zero-order chi connectivity index (χ0) is 15.8. The SMILES string of the molecule is O=C=NC[S][Ge]([S]CN=C=O)([S]CN=C=O)[S]CN=C=O. The standard InChI is InChI=1S/C8H8GeN4O4S4/c14-1-10-5-18-9(19-6-11-2-15,20-7-12-3-16)21-8-13-4-17/h5-8H2. The first-order valence-electron chi connectivity index (χ1n) is 4.95. The molecule has 0 amide bonds. The van der Waals surface area contributed by atoms with Crippen molar-refractivity contribution in [2.24, 2.45) is 20.0 Å². The molecule has 0 aliphatic rings. The number of hydrogen-bond donors (Lipinski definition) is 0. The number of hydrogen-bond acceptors (Lipinski definition) is 12. The Hall–Kier alpha value is -0.537. The Balaban J connectivity index is 4.99. The van der Waals surface area contributed by atoms with Crippen LogP contribution in [0.2, 0.25) is 0 Å². The first-order valence-corrected chi connectivity index (χ1v) is 19.2. The third-order valence-electron chi connectivity index (χ3n) is 1.48. The Morgan fingerprint density at radius 3 is 1.00 bits per heavy atom. The third kappa shape index (κ3) is 10.8. The van der Waals surface area contributed by atoms with Gasteiger partial charge in [-0.05, 0) is 0 Å². The van der Waals surface area contributed by atoms with E-state index in [1.165, 1.54) is 64.7 Å². The molecule has 0 aromatic carbocycles. The van der Waals surface area contributed by atoms with Crippen LogP contribution in [0.25, 0.3) is 0 Å². The van der Waals surface area contributed by atoms with E-state index < -0.39 is 8.70 Å². The van der Waals surface area contributed by atoms with E-state index in [1.807, 2.05) is 0 Å². The van der Waals surface area contributed by atoms with Crippen molar-refractivity contribution in [2.75, 3.05) is 23.5 Å². The van der Waals surface area contributed by atoms with Gasteiger partial charge in [-0.15, -0.1) is 0 Å². The van der Waals surface area contributed by atoms with Gasteiger partial charge in [-0.2, -0.15) is 0 Å². The Bertz CT molecular complexity index is 417. The van der Waals surface area contributed by atoms with E-state index in [1.54, 1.807) is 0 Å². The van der Waals surface area contributed by atoms with Gasteiger partial charge in [0.05, 0.1) is 0 Å². The molecule has 13 heteroatoms. The predicted molar refractivity (Wildman–Crippen MR) is 88.1 cm³/mol. The van der Waals surface area contributed by atoms with Gasteiger partial charge in [-0.25, -0.2) is 0 Å². The molecule has 0 bridgehead atoms. The van der Waals surface area contributed by atoms with Gasteiger partial charge in [0.15, 0.2) is 0 Å². The van der Waals surface area contributed by atoms with Crippen LogP contribution in [-0.4, -0.2) is 56.5 Å². The molecule has 0 radical (unpaired) electrons. The van der Waals surface area contributed by atoms with E-state index in [2.05, 4.69) is 20.0 Å². The van der Waals surface area contributed by atoms with Crippen LogP contribution < -0.4 is 0 Å².